The van der Waals surface area contributed by atoms with Crippen LogP contribution < -0.4 is 5.32 Å². The second kappa shape index (κ2) is 5.01. The minimum absolute atomic E-state index is 0.462. The number of hydrogen-bond donors (Lipinski definition) is 1. The monoisotopic (exact) mass is 264 g/mol. The predicted octanol–water partition coefficient (Wildman–Crippen LogP) is 2.16. The zero-order chi connectivity index (χ0) is 12.7. The average molecular weight is 264 g/mol. The summed E-state index contributed by atoms with van der Waals surface area (Å²) in [5, 5.41) is 3.94. The van der Waals surface area contributed by atoms with E-state index < -0.39 is 0 Å². The normalized spacial score (nSPS) is 39.2. The summed E-state index contributed by atoms with van der Waals surface area (Å²) in [5.74, 6) is 0.979. The molecule has 1 N–H and O–H groups in total. The van der Waals surface area contributed by atoms with Crippen molar-refractivity contribution in [3.8, 4) is 0 Å². The molecule has 1 spiro atoms. The Hall–Kier alpha value is -0.120. The predicted molar refractivity (Wildman–Crippen MR) is 76.3 cm³/mol. The first-order valence-corrected chi connectivity index (χ1v) is 8.45. The van der Waals surface area contributed by atoms with E-state index in [0.717, 1.165) is 18.6 Å². The lowest BCUT2D eigenvalue weighted by Crippen LogP contribution is -2.64. The van der Waals surface area contributed by atoms with E-state index in [1.807, 2.05) is 0 Å². The first-order chi connectivity index (χ1) is 9.35. The number of nitrogens with zero attached hydrogens (tertiary/aromatic N) is 1. The number of piperazine rings is 1. The standard InChI is InChI=1S/C16H28N2O/c1-2-8-16(7-1)12-18(11-14-4-3-9-19-14)15(10-17-16)13-5-6-13/h13-15,17H,1-12H2. The lowest BCUT2D eigenvalue weighted by Gasteiger charge is -2.47. The number of hydrogen-bond acceptors (Lipinski definition) is 3. The van der Waals surface area contributed by atoms with Crippen molar-refractivity contribution in [2.24, 2.45) is 5.92 Å². The third-order valence-electron chi connectivity index (χ3n) is 5.85. The third-order valence-corrected chi connectivity index (χ3v) is 5.85. The molecule has 2 saturated heterocycles. The highest BCUT2D eigenvalue weighted by Gasteiger charge is 2.45. The van der Waals surface area contributed by atoms with Crippen molar-refractivity contribution in [3.05, 3.63) is 0 Å². The molecule has 108 valence electrons. The van der Waals surface area contributed by atoms with Gasteiger partial charge in [0.2, 0.25) is 0 Å². The van der Waals surface area contributed by atoms with Crippen molar-refractivity contribution in [1.29, 1.82) is 0 Å². The van der Waals surface area contributed by atoms with E-state index in [-0.39, 0.29) is 0 Å². The Morgan fingerprint density at radius 2 is 1.95 bits per heavy atom. The maximum absolute atomic E-state index is 5.89. The first kappa shape index (κ1) is 12.6. The highest BCUT2D eigenvalue weighted by molar-refractivity contribution is 5.04. The quantitative estimate of drug-likeness (QED) is 0.845. The van der Waals surface area contributed by atoms with Gasteiger partial charge in [-0.2, -0.15) is 0 Å². The van der Waals surface area contributed by atoms with Crippen molar-refractivity contribution in [2.75, 3.05) is 26.2 Å². The third kappa shape index (κ3) is 2.57. The van der Waals surface area contributed by atoms with Gasteiger partial charge in [-0.1, -0.05) is 12.8 Å². The summed E-state index contributed by atoms with van der Waals surface area (Å²) in [7, 11) is 0. The largest absolute Gasteiger partial charge is 0.377 e. The summed E-state index contributed by atoms with van der Waals surface area (Å²) in [6.07, 6.45) is 11.6. The second-order valence-electron chi connectivity index (χ2n) is 7.34. The molecule has 0 aromatic heterocycles. The SMILES string of the molecule is C1COC(CN2CC3(CCCC3)NCC2C2CC2)C1. The molecule has 3 nitrogen and oxygen atoms in total. The van der Waals surface area contributed by atoms with Gasteiger partial charge in [-0.3, -0.25) is 4.90 Å². The highest BCUT2D eigenvalue weighted by Crippen LogP contribution is 2.40. The molecule has 2 aliphatic carbocycles. The summed E-state index contributed by atoms with van der Waals surface area (Å²) >= 11 is 0. The minimum atomic E-state index is 0.462. The molecule has 2 unspecified atom stereocenters. The Labute approximate surface area is 117 Å². The van der Waals surface area contributed by atoms with E-state index >= 15 is 0 Å². The molecule has 0 amide bonds. The molecule has 0 aromatic carbocycles. The van der Waals surface area contributed by atoms with E-state index in [9.17, 15) is 0 Å². The highest BCUT2D eigenvalue weighted by atomic mass is 16.5. The molecule has 2 atom stereocenters. The molecule has 19 heavy (non-hydrogen) atoms. The molecule has 0 aromatic rings. The molecule has 3 heteroatoms. The van der Waals surface area contributed by atoms with Gasteiger partial charge in [0, 0.05) is 37.8 Å². The van der Waals surface area contributed by atoms with Gasteiger partial charge in [0.15, 0.2) is 0 Å². The van der Waals surface area contributed by atoms with Crippen LogP contribution in [0, 0.1) is 5.92 Å². The Balaban J connectivity index is 1.45. The molecule has 4 rings (SSSR count). The van der Waals surface area contributed by atoms with Crippen LogP contribution >= 0.6 is 0 Å². The van der Waals surface area contributed by atoms with Crippen LogP contribution in [0.4, 0.5) is 0 Å². The summed E-state index contributed by atoms with van der Waals surface area (Å²) in [6, 6.07) is 0.801. The smallest absolute Gasteiger partial charge is 0.0702 e. The van der Waals surface area contributed by atoms with Crippen molar-refractivity contribution in [2.45, 2.75) is 69.1 Å². The molecule has 0 bridgehead atoms. The lowest BCUT2D eigenvalue weighted by molar-refractivity contribution is 0.0142. The zero-order valence-electron chi connectivity index (χ0n) is 12.1. The molecule has 2 saturated carbocycles. The van der Waals surface area contributed by atoms with Crippen LogP contribution in [0.3, 0.4) is 0 Å². The minimum Gasteiger partial charge on any atom is -0.377 e. The summed E-state index contributed by atoms with van der Waals surface area (Å²) in [5.41, 5.74) is 0.462. The van der Waals surface area contributed by atoms with Crippen molar-refractivity contribution >= 4 is 0 Å². The van der Waals surface area contributed by atoms with Gasteiger partial charge in [0.25, 0.3) is 0 Å². The van der Waals surface area contributed by atoms with Gasteiger partial charge in [0.1, 0.15) is 0 Å². The number of nitrogens with one attached hydrogen (secondary N) is 1. The van der Waals surface area contributed by atoms with E-state index in [2.05, 4.69) is 10.2 Å². The molecule has 4 fully saturated rings. The van der Waals surface area contributed by atoms with Crippen LogP contribution in [0.5, 0.6) is 0 Å². The van der Waals surface area contributed by atoms with Gasteiger partial charge < -0.3 is 10.1 Å². The molecule has 2 heterocycles. The van der Waals surface area contributed by atoms with Gasteiger partial charge in [-0.15, -0.1) is 0 Å². The fraction of sp³-hybridized carbons (Fsp3) is 1.00. The Bertz CT molecular complexity index is 317. The number of rotatable bonds is 3. The molecule has 4 aliphatic rings. The summed E-state index contributed by atoms with van der Waals surface area (Å²) < 4.78 is 5.89. The maximum Gasteiger partial charge on any atom is 0.0702 e. The van der Waals surface area contributed by atoms with Crippen LogP contribution in [0.2, 0.25) is 0 Å². The van der Waals surface area contributed by atoms with Crippen LogP contribution in [0.25, 0.3) is 0 Å². The topological polar surface area (TPSA) is 24.5 Å². The summed E-state index contributed by atoms with van der Waals surface area (Å²) in [4.78, 5) is 2.81. The van der Waals surface area contributed by atoms with Crippen molar-refractivity contribution in [1.82, 2.24) is 10.2 Å². The van der Waals surface area contributed by atoms with Gasteiger partial charge >= 0.3 is 0 Å². The van der Waals surface area contributed by atoms with Crippen molar-refractivity contribution in [3.63, 3.8) is 0 Å². The van der Waals surface area contributed by atoms with Crippen LogP contribution in [-0.2, 0) is 4.74 Å². The van der Waals surface area contributed by atoms with Crippen LogP contribution in [-0.4, -0.2) is 48.8 Å². The fourth-order valence-corrected chi connectivity index (χ4v) is 4.59. The fourth-order valence-electron chi connectivity index (χ4n) is 4.59. The molecule has 0 radical (unpaired) electrons. The maximum atomic E-state index is 5.89. The van der Waals surface area contributed by atoms with Crippen molar-refractivity contribution < 1.29 is 4.74 Å². The number of ether oxygens (including phenoxy) is 1. The Kier molecular flexibility index (Phi) is 3.33. The zero-order valence-corrected chi connectivity index (χ0v) is 12.1. The Morgan fingerprint density at radius 1 is 1.11 bits per heavy atom. The van der Waals surface area contributed by atoms with E-state index in [0.29, 0.717) is 11.6 Å². The van der Waals surface area contributed by atoms with Gasteiger partial charge in [-0.05, 0) is 44.4 Å². The second-order valence-corrected chi connectivity index (χ2v) is 7.34. The van der Waals surface area contributed by atoms with E-state index in [1.165, 1.54) is 71.0 Å². The van der Waals surface area contributed by atoms with E-state index in [4.69, 9.17) is 4.74 Å². The molecular formula is C16H28N2O. The van der Waals surface area contributed by atoms with Gasteiger partial charge in [-0.25, -0.2) is 0 Å². The summed E-state index contributed by atoms with van der Waals surface area (Å²) in [6.45, 7) is 4.71. The van der Waals surface area contributed by atoms with Gasteiger partial charge in [0.05, 0.1) is 6.10 Å². The van der Waals surface area contributed by atoms with Crippen LogP contribution in [0.15, 0.2) is 0 Å². The van der Waals surface area contributed by atoms with E-state index in [1.54, 1.807) is 0 Å². The Morgan fingerprint density at radius 3 is 2.63 bits per heavy atom. The molecular weight excluding hydrogens is 236 g/mol. The molecule has 2 aliphatic heterocycles. The first-order valence-electron chi connectivity index (χ1n) is 8.45. The average Bonchev–Trinajstić information content (AvgIpc) is 2.94. The lowest BCUT2D eigenvalue weighted by atomic mass is 9.90. The van der Waals surface area contributed by atoms with Crippen LogP contribution in [0.1, 0.15) is 51.4 Å².